The first-order valence-electron chi connectivity index (χ1n) is 17.9. The van der Waals surface area contributed by atoms with Gasteiger partial charge < -0.3 is 38.1 Å². The maximum atomic E-state index is 14.0. The van der Waals surface area contributed by atoms with Crippen LogP contribution >= 0.6 is 0 Å². The lowest BCUT2D eigenvalue weighted by molar-refractivity contribution is -0.145. The first-order chi connectivity index (χ1) is 24.4. The van der Waals surface area contributed by atoms with Crippen LogP contribution in [-0.2, 0) is 41.6 Å². The molecule has 0 unspecified atom stereocenters. The zero-order valence-corrected chi connectivity index (χ0v) is 29.9. The van der Waals surface area contributed by atoms with Crippen molar-refractivity contribution in [3.63, 3.8) is 0 Å². The van der Waals surface area contributed by atoms with E-state index in [1.165, 1.54) is 4.90 Å². The Bertz CT molecular complexity index is 1450. The summed E-state index contributed by atoms with van der Waals surface area (Å²) in [5.41, 5.74) is 18.8. The summed E-state index contributed by atoms with van der Waals surface area (Å²) in [6.45, 7) is 4.89. The van der Waals surface area contributed by atoms with Crippen molar-refractivity contribution in [2.75, 3.05) is 19.6 Å². The maximum absolute atomic E-state index is 14.0. The van der Waals surface area contributed by atoms with Gasteiger partial charge in [-0.3, -0.25) is 28.8 Å². The van der Waals surface area contributed by atoms with E-state index in [1.807, 2.05) is 74.5 Å². The molecule has 51 heavy (non-hydrogen) atoms. The van der Waals surface area contributed by atoms with E-state index >= 15 is 0 Å². The molecule has 1 saturated heterocycles. The Morgan fingerprint density at radius 2 is 1.35 bits per heavy atom. The lowest BCUT2D eigenvalue weighted by Crippen LogP contribution is -2.54. The second kappa shape index (κ2) is 20.9. The number of Topliss-reactive ketones (excluding diaryl/α,β-unsaturated/α-hetero) is 1. The van der Waals surface area contributed by atoms with Gasteiger partial charge in [-0.15, -0.1) is 0 Å². The summed E-state index contributed by atoms with van der Waals surface area (Å²) in [5.74, 6) is -4.01. The molecule has 4 atom stereocenters. The number of nitrogens with two attached hydrogens (primary N) is 3. The predicted octanol–water partition coefficient (Wildman–Crippen LogP) is 1.11. The number of hydrogen-bond donors (Lipinski definition) is 6. The molecule has 1 aliphatic heterocycles. The van der Waals surface area contributed by atoms with Crippen LogP contribution < -0.4 is 33.2 Å². The average molecular weight is 706 g/mol. The topological polar surface area (TPSA) is 220 Å². The molecule has 0 aliphatic carbocycles. The Kier molecular flexibility index (Phi) is 16.7. The SMILES string of the molecule is CC(C)C[C@@H](CC(=O)[C@@H](Cc1ccccc1)NC(=O)[C@H](N)Cc1ccccc1)C(=O)N[C@H](CCCCN)C(=O)NC1CCN(C(=O)C(N)=O)CC1. The summed E-state index contributed by atoms with van der Waals surface area (Å²) < 4.78 is 0. The Labute approximate surface area is 300 Å². The number of ketones is 1. The molecule has 13 heteroatoms. The van der Waals surface area contributed by atoms with Crippen LogP contribution in [0.5, 0.6) is 0 Å². The van der Waals surface area contributed by atoms with E-state index in [1.54, 1.807) is 0 Å². The third-order valence-corrected chi connectivity index (χ3v) is 9.12. The number of piperidine rings is 1. The number of rotatable bonds is 19. The van der Waals surface area contributed by atoms with E-state index in [9.17, 15) is 28.8 Å². The second-order valence-electron chi connectivity index (χ2n) is 13.8. The fourth-order valence-electron chi connectivity index (χ4n) is 6.31. The number of hydrogen-bond acceptors (Lipinski definition) is 8. The summed E-state index contributed by atoms with van der Waals surface area (Å²) in [6, 6.07) is 15.8. The minimum atomic E-state index is -1.02. The molecular formula is C38H55N7O6. The van der Waals surface area contributed by atoms with Gasteiger partial charge in [-0.1, -0.05) is 74.5 Å². The van der Waals surface area contributed by atoms with Crippen molar-refractivity contribution in [2.45, 2.75) is 95.8 Å². The summed E-state index contributed by atoms with van der Waals surface area (Å²) >= 11 is 0. The first kappa shape index (κ1) is 40.8. The van der Waals surface area contributed by atoms with Crippen molar-refractivity contribution in [3.05, 3.63) is 71.8 Å². The quantitative estimate of drug-likeness (QED) is 0.0916. The molecule has 1 heterocycles. The summed E-state index contributed by atoms with van der Waals surface area (Å²) in [6.07, 6.45) is 3.26. The van der Waals surface area contributed by atoms with Crippen LogP contribution in [0, 0.1) is 11.8 Å². The van der Waals surface area contributed by atoms with Crippen molar-refractivity contribution < 1.29 is 28.8 Å². The molecule has 0 bridgehead atoms. The van der Waals surface area contributed by atoms with E-state index in [0.29, 0.717) is 51.5 Å². The van der Waals surface area contributed by atoms with Gasteiger partial charge in [-0.05, 0) is 75.0 Å². The molecule has 278 valence electrons. The average Bonchev–Trinajstić information content (AvgIpc) is 3.11. The molecule has 3 rings (SSSR count). The second-order valence-corrected chi connectivity index (χ2v) is 13.8. The van der Waals surface area contributed by atoms with Gasteiger partial charge in [0.25, 0.3) is 0 Å². The number of carbonyl (C=O) groups excluding carboxylic acids is 6. The Hall–Kier alpha value is -4.62. The molecule has 13 nitrogen and oxygen atoms in total. The third-order valence-electron chi connectivity index (χ3n) is 9.12. The molecule has 5 amide bonds. The molecule has 0 aromatic heterocycles. The van der Waals surface area contributed by atoms with Crippen molar-refractivity contribution in [3.8, 4) is 0 Å². The molecule has 1 aliphatic rings. The van der Waals surface area contributed by atoms with Gasteiger partial charge in [0.05, 0.1) is 12.1 Å². The number of amides is 5. The van der Waals surface area contributed by atoms with E-state index in [-0.39, 0.29) is 49.6 Å². The summed E-state index contributed by atoms with van der Waals surface area (Å²) in [4.78, 5) is 79.3. The first-order valence-corrected chi connectivity index (χ1v) is 17.9. The lowest BCUT2D eigenvalue weighted by Gasteiger charge is -2.32. The number of unbranched alkanes of at least 4 members (excludes halogenated alkanes) is 1. The highest BCUT2D eigenvalue weighted by Gasteiger charge is 2.33. The highest BCUT2D eigenvalue weighted by Crippen LogP contribution is 2.20. The van der Waals surface area contributed by atoms with E-state index in [4.69, 9.17) is 17.2 Å². The smallest absolute Gasteiger partial charge is 0.311 e. The van der Waals surface area contributed by atoms with Crippen molar-refractivity contribution in [1.29, 1.82) is 0 Å². The zero-order valence-electron chi connectivity index (χ0n) is 29.9. The minimum Gasteiger partial charge on any atom is -0.361 e. The molecule has 0 radical (unpaired) electrons. The maximum Gasteiger partial charge on any atom is 0.311 e. The van der Waals surface area contributed by atoms with Crippen LogP contribution in [0.4, 0.5) is 0 Å². The summed E-state index contributed by atoms with van der Waals surface area (Å²) in [5, 5.41) is 8.77. The van der Waals surface area contributed by atoms with E-state index in [0.717, 1.165) is 11.1 Å². The monoisotopic (exact) mass is 705 g/mol. The highest BCUT2D eigenvalue weighted by molar-refractivity contribution is 6.34. The van der Waals surface area contributed by atoms with Crippen LogP contribution in [0.25, 0.3) is 0 Å². The van der Waals surface area contributed by atoms with Crippen molar-refractivity contribution in [2.24, 2.45) is 29.0 Å². The van der Waals surface area contributed by atoms with Gasteiger partial charge in [0.2, 0.25) is 17.7 Å². The molecule has 2 aromatic carbocycles. The predicted molar refractivity (Wildman–Crippen MR) is 195 cm³/mol. The molecule has 0 saturated carbocycles. The van der Waals surface area contributed by atoms with E-state index < -0.39 is 47.7 Å². The zero-order chi connectivity index (χ0) is 37.3. The van der Waals surface area contributed by atoms with Gasteiger partial charge in [0.1, 0.15) is 6.04 Å². The molecule has 0 spiro atoms. The number of nitrogens with one attached hydrogen (secondary N) is 3. The minimum absolute atomic E-state index is 0.0628. The standard InChI is InChI=1S/C38H55N7O6/c1-25(2)21-28(35(48)43-31(15-9-10-18-39)37(50)42-29-16-19-45(20-17-29)38(51)34(41)47)24-33(46)32(23-27-13-7-4-8-14-27)44-36(49)30(40)22-26-11-5-3-6-12-26/h3-8,11-14,25,28-32H,9-10,15-24,39-40H2,1-2H3,(H2,41,47)(H,42,50)(H,43,48)(H,44,49)/t28-,30+,31+,32+/m0/s1. The van der Waals surface area contributed by atoms with Gasteiger partial charge in [0.15, 0.2) is 5.78 Å². The van der Waals surface area contributed by atoms with Gasteiger partial charge in [-0.2, -0.15) is 0 Å². The lowest BCUT2D eigenvalue weighted by atomic mass is 9.88. The number of nitrogens with zero attached hydrogens (tertiary/aromatic N) is 1. The van der Waals surface area contributed by atoms with Crippen LogP contribution in [-0.4, -0.2) is 84.0 Å². The molecule has 2 aromatic rings. The molecule has 1 fully saturated rings. The van der Waals surface area contributed by atoms with Crippen LogP contribution in [0.15, 0.2) is 60.7 Å². The normalized spacial score (nSPS) is 15.7. The van der Waals surface area contributed by atoms with Crippen LogP contribution in [0.1, 0.15) is 69.9 Å². The van der Waals surface area contributed by atoms with Gasteiger partial charge in [-0.25, -0.2) is 0 Å². The number of carbonyl (C=O) groups is 6. The van der Waals surface area contributed by atoms with Crippen molar-refractivity contribution in [1.82, 2.24) is 20.9 Å². The van der Waals surface area contributed by atoms with Crippen LogP contribution in [0.2, 0.25) is 0 Å². The number of likely N-dealkylation sites (tertiary alicyclic amines) is 1. The summed E-state index contributed by atoms with van der Waals surface area (Å²) in [7, 11) is 0. The molecular weight excluding hydrogens is 650 g/mol. The van der Waals surface area contributed by atoms with Gasteiger partial charge in [0, 0.05) is 31.5 Å². The highest BCUT2D eigenvalue weighted by atomic mass is 16.2. The number of primary amides is 1. The molecule has 9 N–H and O–H groups in total. The van der Waals surface area contributed by atoms with Crippen LogP contribution in [0.3, 0.4) is 0 Å². The Balaban J connectivity index is 1.72. The fraction of sp³-hybridized carbons (Fsp3) is 0.526. The Morgan fingerprint density at radius 3 is 1.90 bits per heavy atom. The number of benzene rings is 2. The van der Waals surface area contributed by atoms with Gasteiger partial charge >= 0.3 is 11.8 Å². The van der Waals surface area contributed by atoms with E-state index in [2.05, 4.69) is 16.0 Å². The Morgan fingerprint density at radius 1 is 0.784 bits per heavy atom. The van der Waals surface area contributed by atoms with Crippen molar-refractivity contribution >= 4 is 35.3 Å². The fourth-order valence-corrected chi connectivity index (χ4v) is 6.31. The largest absolute Gasteiger partial charge is 0.361 e. The third kappa shape index (κ3) is 13.9.